The Labute approximate surface area is 178 Å². The van der Waals surface area contributed by atoms with Crippen LogP contribution in [0.1, 0.15) is 46.2 Å². The summed E-state index contributed by atoms with van der Waals surface area (Å²) in [5.41, 5.74) is 2.29. The zero-order valence-corrected chi connectivity index (χ0v) is 18.3. The molecule has 6 heteroatoms. The number of aromatic nitrogens is 3. The maximum atomic E-state index is 9.34. The fourth-order valence-electron chi connectivity index (χ4n) is 4.81. The highest BCUT2D eigenvalue weighted by atomic mass is 15.3. The van der Waals surface area contributed by atoms with E-state index >= 15 is 0 Å². The van der Waals surface area contributed by atoms with Crippen molar-refractivity contribution in [2.45, 2.75) is 57.7 Å². The molecule has 2 aromatic heterocycles. The van der Waals surface area contributed by atoms with Crippen molar-refractivity contribution in [1.82, 2.24) is 20.5 Å². The zero-order chi connectivity index (χ0) is 21.5. The number of hydrogen-bond donors (Lipinski definition) is 1. The third kappa shape index (κ3) is 3.99. The van der Waals surface area contributed by atoms with Gasteiger partial charge in [-0.2, -0.15) is 5.26 Å². The molecule has 0 saturated carbocycles. The van der Waals surface area contributed by atoms with Gasteiger partial charge in [0.25, 0.3) is 0 Å². The fraction of sp³-hybridized carbons (Fsp3) is 0.417. The molecule has 1 aliphatic heterocycles. The van der Waals surface area contributed by atoms with Gasteiger partial charge in [0.2, 0.25) is 0 Å². The quantitative estimate of drug-likeness (QED) is 0.706. The van der Waals surface area contributed by atoms with Crippen LogP contribution < -0.4 is 10.2 Å². The van der Waals surface area contributed by atoms with E-state index in [9.17, 15) is 5.26 Å². The number of anilines is 1. The molecule has 0 amide bonds. The summed E-state index contributed by atoms with van der Waals surface area (Å²) < 4.78 is 0. The molecule has 0 bridgehead atoms. The number of nitrogens with one attached hydrogen (secondary N) is 1. The topological polar surface area (TPSA) is 77.7 Å². The molecule has 0 atom stereocenters. The smallest absolute Gasteiger partial charge is 0.151 e. The second-order valence-electron chi connectivity index (χ2n) is 9.55. The van der Waals surface area contributed by atoms with E-state index in [2.05, 4.69) is 66.2 Å². The van der Waals surface area contributed by atoms with Crippen molar-refractivity contribution in [3.63, 3.8) is 0 Å². The van der Waals surface area contributed by atoms with Gasteiger partial charge in [-0.05, 0) is 70.2 Å². The maximum absolute atomic E-state index is 9.34. The van der Waals surface area contributed by atoms with Crippen molar-refractivity contribution < 1.29 is 0 Å². The van der Waals surface area contributed by atoms with Crippen LogP contribution in [-0.4, -0.2) is 39.3 Å². The van der Waals surface area contributed by atoms with Gasteiger partial charge in [-0.25, -0.2) is 4.98 Å². The van der Waals surface area contributed by atoms with E-state index < -0.39 is 0 Å². The van der Waals surface area contributed by atoms with Crippen LogP contribution in [0.25, 0.3) is 22.0 Å². The fourth-order valence-corrected chi connectivity index (χ4v) is 4.81. The minimum absolute atomic E-state index is 0.0750. The summed E-state index contributed by atoms with van der Waals surface area (Å²) >= 11 is 0. The molecule has 30 heavy (non-hydrogen) atoms. The lowest BCUT2D eigenvalue weighted by atomic mass is 9.79. The van der Waals surface area contributed by atoms with Crippen molar-refractivity contribution in [3.05, 3.63) is 48.3 Å². The standard InChI is InChI=1S/C24H28N6/c1-23(2)13-18(14-24(3,4)29-23)30(5)22-9-8-20(27-28-22)17-7-6-16-10-11-26-21(15-25)19(16)12-17/h6-12,18,29H,13-14H2,1-5H3. The van der Waals surface area contributed by atoms with Crippen LogP contribution in [0.4, 0.5) is 5.82 Å². The van der Waals surface area contributed by atoms with E-state index in [1.165, 1.54) is 0 Å². The predicted molar refractivity (Wildman–Crippen MR) is 120 cm³/mol. The number of rotatable bonds is 3. The normalized spacial score (nSPS) is 18.1. The summed E-state index contributed by atoms with van der Waals surface area (Å²) in [5, 5.41) is 23.9. The monoisotopic (exact) mass is 400 g/mol. The van der Waals surface area contributed by atoms with Crippen LogP contribution in [0.3, 0.4) is 0 Å². The molecule has 3 aromatic rings. The molecular weight excluding hydrogens is 372 g/mol. The van der Waals surface area contributed by atoms with Crippen molar-refractivity contribution in [3.8, 4) is 17.3 Å². The van der Waals surface area contributed by atoms with E-state index in [4.69, 9.17) is 0 Å². The molecular formula is C24H28N6. The van der Waals surface area contributed by atoms with Crippen molar-refractivity contribution in [1.29, 1.82) is 5.26 Å². The Hall–Kier alpha value is -3.04. The number of hydrogen-bond acceptors (Lipinski definition) is 6. The van der Waals surface area contributed by atoms with Gasteiger partial charge in [-0.15, -0.1) is 10.2 Å². The summed E-state index contributed by atoms with van der Waals surface area (Å²) in [6, 6.07) is 14.5. The first-order valence-electron chi connectivity index (χ1n) is 10.3. The summed E-state index contributed by atoms with van der Waals surface area (Å²) in [6.07, 6.45) is 3.75. The number of nitrogens with zero attached hydrogens (tertiary/aromatic N) is 5. The van der Waals surface area contributed by atoms with Gasteiger partial charge < -0.3 is 10.2 Å². The first-order valence-corrected chi connectivity index (χ1v) is 10.3. The minimum Gasteiger partial charge on any atom is -0.355 e. The zero-order valence-electron chi connectivity index (χ0n) is 18.3. The highest BCUT2D eigenvalue weighted by molar-refractivity contribution is 5.90. The molecule has 0 aliphatic carbocycles. The van der Waals surface area contributed by atoms with Gasteiger partial charge in [-0.1, -0.05) is 12.1 Å². The molecule has 154 valence electrons. The predicted octanol–water partition coefficient (Wildman–Crippen LogP) is 4.31. The van der Waals surface area contributed by atoms with Gasteiger partial charge in [-0.3, -0.25) is 0 Å². The number of fused-ring (bicyclic) bond motifs is 1. The summed E-state index contributed by atoms with van der Waals surface area (Å²) in [4.78, 5) is 6.41. The van der Waals surface area contributed by atoms with Crippen molar-refractivity contribution in [2.24, 2.45) is 0 Å². The third-order valence-corrected chi connectivity index (χ3v) is 5.90. The second-order valence-corrected chi connectivity index (χ2v) is 9.55. The van der Waals surface area contributed by atoms with E-state index in [1.807, 2.05) is 36.4 Å². The Morgan fingerprint density at radius 1 is 1.03 bits per heavy atom. The Bertz CT molecular complexity index is 1090. The molecule has 0 radical (unpaired) electrons. The molecule has 1 N–H and O–H groups in total. The number of piperidine rings is 1. The summed E-state index contributed by atoms with van der Waals surface area (Å²) in [5.74, 6) is 0.873. The van der Waals surface area contributed by atoms with Gasteiger partial charge in [0.1, 0.15) is 11.8 Å². The highest BCUT2D eigenvalue weighted by Crippen LogP contribution is 2.33. The van der Waals surface area contributed by atoms with E-state index in [-0.39, 0.29) is 11.1 Å². The van der Waals surface area contributed by atoms with E-state index in [0.717, 1.165) is 40.7 Å². The Morgan fingerprint density at radius 3 is 2.40 bits per heavy atom. The first kappa shape index (κ1) is 20.2. The molecule has 0 unspecified atom stereocenters. The van der Waals surface area contributed by atoms with Crippen LogP contribution in [0.15, 0.2) is 42.6 Å². The minimum atomic E-state index is 0.0750. The SMILES string of the molecule is CN(c1ccc(-c2ccc3ccnc(C#N)c3c2)nn1)C1CC(C)(C)NC(C)(C)C1. The molecule has 6 nitrogen and oxygen atoms in total. The molecule has 4 rings (SSSR count). The summed E-state index contributed by atoms with van der Waals surface area (Å²) in [6.45, 7) is 9.03. The van der Waals surface area contributed by atoms with Gasteiger partial charge >= 0.3 is 0 Å². The summed E-state index contributed by atoms with van der Waals surface area (Å²) in [7, 11) is 2.10. The van der Waals surface area contributed by atoms with Crippen LogP contribution in [-0.2, 0) is 0 Å². The largest absolute Gasteiger partial charge is 0.355 e. The van der Waals surface area contributed by atoms with Gasteiger partial charge in [0, 0.05) is 41.3 Å². The molecule has 1 aliphatic rings. The average Bonchev–Trinajstić information content (AvgIpc) is 2.70. The third-order valence-electron chi connectivity index (χ3n) is 5.90. The van der Waals surface area contributed by atoms with E-state index in [1.54, 1.807) is 6.20 Å². The Morgan fingerprint density at radius 2 is 1.77 bits per heavy atom. The van der Waals surface area contributed by atoms with Crippen LogP contribution in [0.2, 0.25) is 0 Å². The van der Waals surface area contributed by atoms with Crippen molar-refractivity contribution >= 4 is 16.6 Å². The first-order chi connectivity index (χ1) is 14.2. The molecule has 1 fully saturated rings. The van der Waals surface area contributed by atoms with Crippen LogP contribution in [0.5, 0.6) is 0 Å². The van der Waals surface area contributed by atoms with Gasteiger partial charge in [0.05, 0.1) is 5.69 Å². The van der Waals surface area contributed by atoms with E-state index in [0.29, 0.717) is 11.7 Å². The lowest BCUT2D eigenvalue weighted by Gasteiger charge is -2.49. The van der Waals surface area contributed by atoms with Crippen LogP contribution in [0, 0.1) is 11.3 Å². The molecule has 1 saturated heterocycles. The lowest BCUT2D eigenvalue weighted by molar-refractivity contribution is 0.160. The van der Waals surface area contributed by atoms with Crippen LogP contribution >= 0.6 is 0 Å². The van der Waals surface area contributed by atoms with Gasteiger partial charge in [0.15, 0.2) is 5.82 Å². The highest BCUT2D eigenvalue weighted by Gasteiger charge is 2.39. The second kappa shape index (κ2) is 7.33. The van der Waals surface area contributed by atoms with Crippen molar-refractivity contribution in [2.75, 3.05) is 11.9 Å². The Balaban J connectivity index is 1.60. The molecule has 1 aromatic carbocycles. The average molecular weight is 401 g/mol. The Kier molecular flexibility index (Phi) is 4.95. The molecule has 0 spiro atoms. The number of pyridine rings is 1. The number of benzene rings is 1. The molecule has 3 heterocycles. The lowest BCUT2D eigenvalue weighted by Crippen LogP contribution is -2.62. The maximum Gasteiger partial charge on any atom is 0.151 e. The number of nitriles is 1.